The molecule has 0 spiro atoms. The van der Waals surface area contributed by atoms with E-state index in [0.29, 0.717) is 25.5 Å². The van der Waals surface area contributed by atoms with E-state index in [0.717, 1.165) is 42.4 Å². The second-order valence-corrected chi connectivity index (χ2v) is 7.83. The molecule has 2 aromatic rings. The molecular weight excluding hydrogens is 338 g/mol. The van der Waals surface area contributed by atoms with Crippen molar-refractivity contribution in [2.24, 2.45) is 0 Å². The number of H-pyrrole nitrogens is 1. The van der Waals surface area contributed by atoms with Gasteiger partial charge in [0.1, 0.15) is 10.7 Å². The van der Waals surface area contributed by atoms with Crippen molar-refractivity contribution in [1.29, 1.82) is 0 Å². The average molecular weight is 365 g/mol. The summed E-state index contributed by atoms with van der Waals surface area (Å²) in [7, 11) is 1.58. The van der Waals surface area contributed by atoms with Crippen LogP contribution in [0.3, 0.4) is 0 Å². The number of aliphatic hydroxyl groups excluding tert-OH is 1. The van der Waals surface area contributed by atoms with E-state index < -0.39 is 6.10 Å². The zero-order valence-electron chi connectivity index (χ0n) is 15.0. The molecule has 2 aromatic heterocycles. The minimum Gasteiger partial charge on any atom is -0.389 e. The Kier molecular flexibility index (Phi) is 6.22. The summed E-state index contributed by atoms with van der Waals surface area (Å²) in [6.45, 7) is 4.28. The predicted octanol–water partition coefficient (Wildman–Crippen LogP) is 2.08. The number of hydrogen-bond donors (Lipinski definition) is 2. The van der Waals surface area contributed by atoms with Crippen LogP contribution in [0.25, 0.3) is 10.2 Å². The average Bonchev–Trinajstić information content (AvgIpc) is 2.93. The maximum Gasteiger partial charge on any atom is 0.259 e. The molecule has 2 heterocycles. The SMILES string of the molecule is CCCN(Cc1nc2sc3c(c2c(=O)[nH]1)CCCC3)C[C@H](O)COC. The standard InChI is InChI=1S/C18H27N3O3S/c1-3-8-21(9-12(22)11-24-2)10-15-19-17(23)16-13-6-4-5-7-14(13)25-18(16)20-15/h12,22H,3-11H2,1-2H3,(H,19,20,23)/t12-/m0/s1. The molecule has 0 aliphatic heterocycles. The van der Waals surface area contributed by atoms with Crippen molar-refractivity contribution in [3.63, 3.8) is 0 Å². The highest BCUT2D eigenvalue weighted by atomic mass is 32.1. The van der Waals surface area contributed by atoms with E-state index in [9.17, 15) is 9.90 Å². The molecular formula is C18H27N3O3S. The van der Waals surface area contributed by atoms with Crippen molar-refractivity contribution in [2.45, 2.75) is 51.7 Å². The van der Waals surface area contributed by atoms with Crippen LogP contribution in [0.15, 0.2) is 4.79 Å². The minimum absolute atomic E-state index is 0.0201. The van der Waals surface area contributed by atoms with Crippen LogP contribution < -0.4 is 5.56 Å². The molecule has 138 valence electrons. The number of aliphatic hydroxyl groups is 1. The summed E-state index contributed by atoms with van der Waals surface area (Å²) in [6.07, 6.45) is 4.84. The molecule has 25 heavy (non-hydrogen) atoms. The molecule has 2 N–H and O–H groups in total. The van der Waals surface area contributed by atoms with Crippen LogP contribution in [0.1, 0.15) is 42.5 Å². The molecule has 0 aromatic carbocycles. The quantitative estimate of drug-likeness (QED) is 0.749. The van der Waals surface area contributed by atoms with Crippen LogP contribution in [0, 0.1) is 0 Å². The number of rotatable bonds is 8. The Bertz CT molecular complexity index is 771. The van der Waals surface area contributed by atoms with Crippen molar-refractivity contribution in [1.82, 2.24) is 14.9 Å². The summed E-state index contributed by atoms with van der Waals surface area (Å²) in [5, 5.41) is 10.8. The van der Waals surface area contributed by atoms with Gasteiger partial charge in [0, 0.05) is 18.5 Å². The molecule has 1 aliphatic carbocycles. The van der Waals surface area contributed by atoms with Crippen molar-refractivity contribution < 1.29 is 9.84 Å². The highest BCUT2D eigenvalue weighted by Crippen LogP contribution is 2.33. The fourth-order valence-corrected chi connectivity index (χ4v) is 4.87. The lowest BCUT2D eigenvalue weighted by Gasteiger charge is -2.23. The first-order chi connectivity index (χ1) is 12.1. The maximum absolute atomic E-state index is 12.6. The third kappa shape index (κ3) is 4.28. The molecule has 0 unspecified atom stereocenters. The van der Waals surface area contributed by atoms with Crippen LogP contribution in [-0.4, -0.2) is 52.9 Å². The first-order valence-corrected chi connectivity index (χ1v) is 9.86. The van der Waals surface area contributed by atoms with Crippen LogP contribution in [0.5, 0.6) is 0 Å². The van der Waals surface area contributed by atoms with E-state index in [1.165, 1.54) is 16.9 Å². The Morgan fingerprint density at radius 3 is 2.96 bits per heavy atom. The van der Waals surface area contributed by atoms with E-state index in [1.807, 2.05) is 0 Å². The second kappa shape index (κ2) is 8.40. The van der Waals surface area contributed by atoms with Crippen molar-refractivity contribution >= 4 is 21.6 Å². The first kappa shape index (κ1) is 18.5. The fourth-order valence-electron chi connectivity index (χ4n) is 3.59. The number of ether oxygens (including phenoxy) is 1. The van der Waals surface area contributed by atoms with Gasteiger partial charge in [-0.2, -0.15) is 0 Å². The summed E-state index contributed by atoms with van der Waals surface area (Å²) in [4.78, 5) is 24.6. The van der Waals surface area contributed by atoms with Crippen molar-refractivity contribution in [3.05, 3.63) is 26.6 Å². The molecule has 0 radical (unpaired) electrons. The monoisotopic (exact) mass is 365 g/mol. The summed E-state index contributed by atoms with van der Waals surface area (Å²) in [6, 6.07) is 0. The second-order valence-electron chi connectivity index (χ2n) is 6.75. The van der Waals surface area contributed by atoms with Crippen molar-refractivity contribution in [3.8, 4) is 0 Å². The Balaban J connectivity index is 1.83. The Morgan fingerprint density at radius 2 is 2.20 bits per heavy atom. The van der Waals surface area contributed by atoms with Gasteiger partial charge in [-0.15, -0.1) is 11.3 Å². The smallest absolute Gasteiger partial charge is 0.259 e. The first-order valence-electron chi connectivity index (χ1n) is 9.05. The van der Waals surface area contributed by atoms with Gasteiger partial charge >= 0.3 is 0 Å². The number of aromatic amines is 1. The van der Waals surface area contributed by atoms with Crippen LogP contribution in [0.4, 0.5) is 0 Å². The number of hydrogen-bond acceptors (Lipinski definition) is 6. The van der Waals surface area contributed by atoms with Crippen LogP contribution >= 0.6 is 11.3 Å². The minimum atomic E-state index is -0.541. The number of nitrogens with one attached hydrogen (secondary N) is 1. The predicted molar refractivity (Wildman–Crippen MR) is 100 cm³/mol. The summed E-state index contributed by atoms with van der Waals surface area (Å²) in [5.74, 6) is 0.675. The molecule has 1 aliphatic rings. The Hall–Kier alpha value is -1.28. The molecule has 1 atom stereocenters. The molecule has 3 rings (SSSR count). The fraction of sp³-hybridized carbons (Fsp3) is 0.667. The van der Waals surface area contributed by atoms with Crippen LogP contribution in [-0.2, 0) is 24.1 Å². The largest absolute Gasteiger partial charge is 0.389 e. The number of fused-ring (bicyclic) bond motifs is 3. The zero-order valence-corrected chi connectivity index (χ0v) is 15.8. The number of aromatic nitrogens is 2. The number of thiophene rings is 1. The van der Waals surface area contributed by atoms with Gasteiger partial charge in [0.25, 0.3) is 5.56 Å². The molecule has 0 fully saturated rings. The topological polar surface area (TPSA) is 78.5 Å². The molecule has 7 heteroatoms. The lowest BCUT2D eigenvalue weighted by molar-refractivity contribution is 0.0353. The summed E-state index contributed by atoms with van der Waals surface area (Å²) in [5.41, 5.74) is 1.20. The van der Waals surface area contributed by atoms with Gasteiger partial charge in [0.15, 0.2) is 0 Å². The van der Waals surface area contributed by atoms with Crippen LogP contribution in [0.2, 0.25) is 0 Å². The lowest BCUT2D eigenvalue weighted by Crippen LogP contribution is -2.35. The highest BCUT2D eigenvalue weighted by Gasteiger charge is 2.20. The van der Waals surface area contributed by atoms with E-state index in [4.69, 9.17) is 9.72 Å². The van der Waals surface area contributed by atoms with E-state index in [1.54, 1.807) is 18.4 Å². The number of nitrogens with zero attached hydrogens (tertiary/aromatic N) is 2. The van der Waals surface area contributed by atoms with Gasteiger partial charge in [-0.1, -0.05) is 6.92 Å². The third-order valence-corrected chi connectivity index (χ3v) is 5.80. The van der Waals surface area contributed by atoms with E-state index in [2.05, 4.69) is 16.8 Å². The van der Waals surface area contributed by atoms with Gasteiger partial charge in [0.2, 0.25) is 0 Å². The lowest BCUT2D eigenvalue weighted by atomic mass is 9.97. The molecule has 0 bridgehead atoms. The van der Waals surface area contributed by atoms with E-state index >= 15 is 0 Å². The van der Waals surface area contributed by atoms with Gasteiger partial charge in [-0.25, -0.2) is 4.98 Å². The normalized spacial score (nSPS) is 15.7. The third-order valence-electron chi connectivity index (χ3n) is 4.62. The number of aryl methyl sites for hydroxylation is 2. The Morgan fingerprint density at radius 1 is 1.40 bits per heavy atom. The van der Waals surface area contributed by atoms with Gasteiger partial charge in [-0.05, 0) is 44.2 Å². The van der Waals surface area contributed by atoms with Crippen molar-refractivity contribution in [2.75, 3.05) is 26.8 Å². The zero-order chi connectivity index (χ0) is 17.8. The van der Waals surface area contributed by atoms with Gasteiger partial charge in [0.05, 0.1) is 24.6 Å². The summed E-state index contributed by atoms with van der Waals surface area (Å²) < 4.78 is 5.01. The molecule has 0 saturated carbocycles. The molecule has 0 amide bonds. The molecule has 0 saturated heterocycles. The van der Waals surface area contributed by atoms with Gasteiger partial charge < -0.3 is 14.8 Å². The highest BCUT2D eigenvalue weighted by molar-refractivity contribution is 7.18. The molecule has 6 nitrogen and oxygen atoms in total. The summed E-state index contributed by atoms with van der Waals surface area (Å²) >= 11 is 1.67. The van der Waals surface area contributed by atoms with Gasteiger partial charge in [-0.3, -0.25) is 9.69 Å². The van der Waals surface area contributed by atoms with E-state index in [-0.39, 0.29) is 5.56 Å². The Labute approximate surface area is 151 Å². The maximum atomic E-state index is 12.6. The number of methoxy groups -OCH3 is 1.